The number of carbonyl (C=O) groups is 2. The van der Waals surface area contributed by atoms with Crippen LogP contribution in [0.3, 0.4) is 0 Å². The normalized spacial score (nSPS) is 14.4. The zero-order valence-corrected chi connectivity index (χ0v) is 19.1. The molecule has 3 rings (SSSR count). The molecule has 0 aliphatic carbocycles. The van der Waals surface area contributed by atoms with Crippen molar-refractivity contribution in [3.63, 3.8) is 0 Å². The first-order chi connectivity index (χ1) is 14.5. The molecule has 1 aliphatic rings. The number of anilines is 2. The average Bonchev–Trinajstić information content (AvgIpc) is 3.26. The van der Waals surface area contributed by atoms with Crippen LogP contribution in [0.2, 0.25) is 10.0 Å². The molecule has 0 saturated carbocycles. The van der Waals surface area contributed by atoms with Gasteiger partial charge in [-0.15, -0.1) is 0 Å². The van der Waals surface area contributed by atoms with Crippen molar-refractivity contribution in [1.82, 2.24) is 5.32 Å². The number of thioether (sulfide) groups is 1. The standard InChI is InChI=1S/C22H25Cl2N3O2S/c1-30-12-9-20(26-21(28)18-8-7-15(23)13-19(18)24)22(29)25-16-5-4-6-17(14-16)27-10-2-3-11-27/h4-8,13-14,20H,2-3,9-12H2,1H3,(H,25,29)(H,26,28). The van der Waals surface area contributed by atoms with Crippen LogP contribution in [0.4, 0.5) is 11.4 Å². The van der Waals surface area contributed by atoms with Crippen LogP contribution in [0.15, 0.2) is 42.5 Å². The Morgan fingerprint density at radius 1 is 1.13 bits per heavy atom. The molecular weight excluding hydrogens is 441 g/mol. The van der Waals surface area contributed by atoms with Crippen LogP contribution in [0.25, 0.3) is 0 Å². The fourth-order valence-electron chi connectivity index (χ4n) is 3.40. The monoisotopic (exact) mass is 465 g/mol. The molecule has 2 amide bonds. The van der Waals surface area contributed by atoms with Crippen molar-refractivity contribution in [2.45, 2.75) is 25.3 Å². The third kappa shape index (κ3) is 6.06. The van der Waals surface area contributed by atoms with Gasteiger partial charge in [-0.25, -0.2) is 0 Å². The average molecular weight is 466 g/mol. The fraction of sp³-hybridized carbons (Fsp3) is 0.364. The van der Waals surface area contributed by atoms with E-state index in [1.807, 2.05) is 24.5 Å². The molecule has 2 aromatic rings. The summed E-state index contributed by atoms with van der Waals surface area (Å²) in [5.41, 5.74) is 2.11. The molecular formula is C22H25Cl2N3O2S. The third-order valence-corrected chi connectivity index (χ3v) is 6.18. The van der Waals surface area contributed by atoms with Crippen LogP contribution in [-0.2, 0) is 4.79 Å². The maximum absolute atomic E-state index is 13.0. The van der Waals surface area contributed by atoms with Gasteiger partial charge in [0.25, 0.3) is 5.91 Å². The minimum atomic E-state index is -0.674. The second kappa shape index (κ2) is 10.9. The maximum atomic E-state index is 13.0. The highest BCUT2D eigenvalue weighted by Gasteiger charge is 2.23. The molecule has 2 N–H and O–H groups in total. The van der Waals surface area contributed by atoms with Gasteiger partial charge in [-0.05, 0) is 67.7 Å². The van der Waals surface area contributed by atoms with E-state index in [2.05, 4.69) is 21.6 Å². The number of amides is 2. The van der Waals surface area contributed by atoms with E-state index in [0.29, 0.717) is 17.0 Å². The Labute approximate surface area is 191 Å². The number of carbonyl (C=O) groups excluding carboxylic acids is 2. The van der Waals surface area contributed by atoms with Crippen molar-refractivity contribution in [1.29, 1.82) is 0 Å². The van der Waals surface area contributed by atoms with Crippen molar-refractivity contribution in [2.24, 2.45) is 0 Å². The Balaban J connectivity index is 1.70. The molecule has 0 radical (unpaired) electrons. The molecule has 1 saturated heterocycles. The van der Waals surface area contributed by atoms with Crippen molar-refractivity contribution in [3.05, 3.63) is 58.1 Å². The lowest BCUT2D eigenvalue weighted by Crippen LogP contribution is -2.44. The molecule has 160 valence electrons. The topological polar surface area (TPSA) is 61.4 Å². The smallest absolute Gasteiger partial charge is 0.253 e. The highest BCUT2D eigenvalue weighted by atomic mass is 35.5. The van der Waals surface area contributed by atoms with Crippen LogP contribution in [0, 0.1) is 0 Å². The molecule has 1 fully saturated rings. The Kier molecular flexibility index (Phi) is 8.31. The predicted octanol–water partition coefficient (Wildman–Crippen LogP) is 5.08. The molecule has 0 bridgehead atoms. The number of nitrogens with zero attached hydrogens (tertiary/aromatic N) is 1. The minimum absolute atomic E-state index is 0.249. The van der Waals surface area contributed by atoms with Gasteiger partial charge in [-0.2, -0.15) is 11.8 Å². The molecule has 5 nitrogen and oxygen atoms in total. The Bertz CT molecular complexity index is 904. The largest absolute Gasteiger partial charge is 0.371 e. The summed E-state index contributed by atoms with van der Waals surface area (Å²) in [7, 11) is 0. The maximum Gasteiger partial charge on any atom is 0.253 e. The first kappa shape index (κ1) is 22.8. The van der Waals surface area contributed by atoms with Gasteiger partial charge in [-0.3, -0.25) is 9.59 Å². The van der Waals surface area contributed by atoms with Crippen molar-refractivity contribution >= 4 is 58.2 Å². The zero-order chi connectivity index (χ0) is 21.5. The summed E-state index contributed by atoms with van der Waals surface area (Å²) in [5.74, 6) is 0.0883. The number of nitrogens with one attached hydrogen (secondary N) is 2. The van der Waals surface area contributed by atoms with Crippen molar-refractivity contribution in [2.75, 3.05) is 35.3 Å². The number of hydrogen-bond acceptors (Lipinski definition) is 4. The highest BCUT2D eigenvalue weighted by molar-refractivity contribution is 7.98. The van der Waals surface area contributed by atoms with E-state index in [4.69, 9.17) is 23.2 Å². The molecule has 8 heteroatoms. The van der Waals surface area contributed by atoms with E-state index >= 15 is 0 Å². The zero-order valence-electron chi connectivity index (χ0n) is 16.8. The molecule has 0 spiro atoms. The molecule has 2 aromatic carbocycles. The van der Waals surface area contributed by atoms with Gasteiger partial charge in [0.2, 0.25) is 5.91 Å². The van der Waals surface area contributed by atoms with Gasteiger partial charge < -0.3 is 15.5 Å². The van der Waals surface area contributed by atoms with E-state index in [1.165, 1.54) is 18.9 Å². The van der Waals surface area contributed by atoms with Gasteiger partial charge in [0, 0.05) is 29.5 Å². The summed E-state index contributed by atoms with van der Waals surface area (Å²) in [6.07, 6.45) is 4.85. The minimum Gasteiger partial charge on any atom is -0.371 e. The summed E-state index contributed by atoms with van der Waals surface area (Å²) < 4.78 is 0. The van der Waals surface area contributed by atoms with Gasteiger partial charge in [-0.1, -0.05) is 29.3 Å². The molecule has 1 atom stereocenters. The first-order valence-electron chi connectivity index (χ1n) is 9.88. The SMILES string of the molecule is CSCCC(NC(=O)c1ccc(Cl)cc1Cl)C(=O)Nc1cccc(N2CCCC2)c1. The number of benzene rings is 2. The second-order valence-corrected chi connectivity index (χ2v) is 8.99. The molecule has 1 aliphatic heterocycles. The second-order valence-electron chi connectivity index (χ2n) is 7.17. The Morgan fingerprint density at radius 3 is 2.60 bits per heavy atom. The van der Waals surface area contributed by atoms with E-state index in [1.54, 1.807) is 23.9 Å². The highest BCUT2D eigenvalue weighted by Crippen LogP contribution is 2.24. The Morgan fingerprint density at radius 2 is 1.90 bits per heavy atom. The van der Waals surface area contributed by atoms with Crippen LogP contribution in [-0.4, -0.2) is 43.0 Å². The predicted molar refractivity (Wildman–Crippen MR) is 127 cm³/mol. The lowest BCUT2D eigenvalue weighted by molar-refractivity contribution is -0.118. The van der Waals surface area contributed by atoms with Gasteiger partial charge in [0.1, 0.15) is 6.04 Å². The van der Waals surface area contributed by atoms with E-state index in [9.17, 15) is 9.59 Å². The van der Waals surface area contributed by atoms with E-state index in [-0.39, 0.29) is 10.9 Å². The quantitative estimate of drug-likeness (QED) is 0.570. The summed E-state index contributed by atoms with van der Waals surface area (Å²) in [6, 6.07) is 11.8. The molecule has 1 heterocycles. The third-order valence-electron chi connectivity index (χ3n) is 4.99. The van der Waals surface area contributed by atoms with Crippen LogP contribution < -0.4 is 15.5 Å². The van der Waals surface area contributed by atoms with Gasteiger partial charge >= 0.3 is 0 Å². The summed E-state index contributed by atoms with van der Waals surface area (Å²) in [4.78, 5) is 28.0. The summed E-state index contributed by atoms with van der Waals surface area (Å²) >= 11 is 13.7. The Hall–Kier alpha value is -1.89. The number of rotatable bonds is 8. The molecule has 0 aromatic heterocycles. The molecule has 30 heavy (non-hydrogen) atoms. The summed E-state index contributed by atoms with van der Waals surface area (Å²) in [6.45, 7) is 2.07. The van der Waals surface area contributed by atoms with E-state index in [0.717, 1.165) is 30.2 Å². The van der Waals surface area contributed by atoms with Crippen molar-refractivity contribution in [3.8, 4) is 0 Å². The van der Waals surface area contributed by atoms with Crippen LogP contribution in [0.1, 0.15) is 29.6 Å². The lowest BCUT2D eigenvalue weighted by Gasteiger charge is -2.21. The molecule has 1 unspecified atom stereocenters. The number of hydrogen-bond donors (Lipinski definition) is 2. The number of halogens is 2. The lowest BCUT2D eigenvalue weighted by atomic mass is 10.1. The first-order valence-corrected chi connectivity index (χ1v) is 12.0. The van der Waals surface area contributed by atoms with Crippen LogP contribution >= 0.6 is 35.0 Å². The van der Waals surface area contributed by atoms with Gasteiger partial charge in [0.05, 0.1) is 10.6 Å². The van der Waals surface area contributed by atoms with Crippen molar-refractivity contribution < 1.29 is 9.59 Å². The fourth-order valence-corrected chi connectivity index (χ4v) is 4.36. The van der Waals surface area contributed by atoms with Gasteiger partial charge in [0.15, 0.2) is 0 Å². The van der Waals surface area contributed by atoms with Crippen LogP contribution in [0.5, 0.6) is 0 Å². The van der Waals surface area contributed by atoms with E-state index < -0.39 is 11.9 Å². The summed E-state index contributed by atoms with van der Waals surface area (Å²) in [5, 5.41) is 6.47.